The molecule has 0 aliphatic rings. The van der Waals surface area contributed by atoms with Gasteiger partial charge in [0.2, 0.25) is 0 Å². The van der Waals surface area contributed by atoms with Crippen LogP contribution in [0.5, 0.6) is 0 Å². The van der Waals surface area contributed by atoms with E-state index in [4.69, 9.17) is 5.11 Å². The van der Waals surface area contributed by atoms with Crippen LogP contribution in [0, 0.1) is 0 Å². The fraction of sp³-hybridized carbons (Fsp3) is 0.800. The number of Topliss-reactive ketones (excluding diaryl/α,β-unsaturated/α-hetero) is 1. The fourth-order valence-electron chi connectivity index (χ4n) is 0.161. The second-order valence-corrected chi connectivity index (χ2v) is 1.64. The normalized spacial score (nSPS) is 11.7. The highest BCUT2D eigenvalue weighted by Gasteiger charge is 2.55. The van der Waals surface area contributed by atoms with E-state index in [0.717, 1.165) is 0 Å². The maximum atomic E-state index is 10.9. The van der Waals surface area contributed by atoms with Gasteiger partial charge < -0.3 is 5.11 Å². The molecule has 0 unspecified atom stereocenters. The number of hydrogen-bond acceptors (Lipinski definition) is 2. The second-order valence-electron chi connectivity index (χ2n) is 1.64. The van der Waals surface area contributed by atoms with Crippen LogP contribution in [0.1, 0.15) is 6.92 Å². The number of alkyl halides is 6. The highest BCUT2D eigenvalue weighted by molar-refractivity contribution is 5.89. The molecule has 0 atom stereocenters. The van der Waals surface area contributed by atoms with Crippen LogP contribution in [0.4, 0.5) is 26.3 Å². The van der Waals surface area contributed by atoms with Gasteiger partial charge in [-0.1, -0.05) is 0 Å². The van der Waals surface area contributed by atoms with Crippen molar-refractivity contribution >= 4 is 5.78 Å². The lowest BCUT2D eigenvalue weighted by molar-refractivity contribution is -0.217. The molecule has 80 valence electrons. The molecule has 0 fully saturated rings. The average molecular weight is 212 g/mol. The minimum atomic E-state index is -5.82. The highest BCUT2D eigenvalue weighted by Crippen LogP contribution is 2.28. The zero-order valence-corrected chi connectivity index (χ0v) is 6.33. The molecule has 0 aromatic rings. The smallest absolute Gasteiger partial charge is 0.397 e. The quantitative estimate of drug-likeness (QED) is 0.620. The molecule has 0 spiro atoms. The standard InChI is InChI=1S/C3F6O.C2H6O/c4-2(5,6)1(10)3(7,8)9;1-2-3/h;3H,2H2,1H3. The third-order valence-corrected chi connectivity index (χ3v) is 0.515. The van der Waals surface area contributed by atoms with Crippen molar-refractivity contribution in [3.8, 4) is 0 Å². The Labute approximate surface area is 69.2 Å². The molecule has 13 heavy (non-hydrogen) atoms. The Kier molecular flexibility index (Phi) is 5.72. The zero-order chi connectivity index (χ0) is 11.3. The Balaban J connectivity index is 0. The monoisotopic (exact) mass is 212 g/mol. The summed E-state index contributed by atoms with van der Waals surface area (Å²) in [6, 6.07) is 0. The van der Waals surface area contributed by atoms with Crippen LogP contribution in [-0.2, 0) is 4.79 Å². The number of aliphatic hydroxyl groups is 1. The lowest BCUT2D eigenvalue weighted by atomic mass is 10.4. The first-order valence-electron chi connectivity index (χ1n) is 2.86. The van der Waals surface area contributed by atoms with Crippen molar-refractivity contribution < 1.29 is 36.2 Å². The van der Waals surface area contributed by atoms with Crippen molar-refractivity contribution in [2.24, 2.45) is 0 Å². The van der Waals surface area contributed by atoms with E-state index in [1.165, 1.54) is 0 Å². The maximum Gasteiger partial charge on any atom is 0.459 e. The van der Waals surface area contributed by atoms with Gasteiger partial charge in [-0.2, -0.15) is 26.3 Å². The predicted octanol–water partition coefficient (Wildman–Crippen LogP) is 1.68. The maximum absolute atomic E-state index is 10.9. The van der Waals surface area contributed by atoms with Gasteiger partial charge in [-0.3, -0.25) is 4.79 Å². The van der Waals surface area contributed by atoms with Gasteiger partial charge in [-0.25, -0.2) is 0 Å². The minimum Gasteiger partial charge on any atom is -0.397 e. The van der Waals surface area contributed by atoms with Gasteiger partial charge in [-0.05, 0) is 6.92 Å². The van der Waals surface area contributed by atoms with Gasteiger partial charge in [0.15, 0.2) is 0 Å². The largest absolute Gasteiger partial charge is 0.459 e. The van der Waals surface area contributed by atoms with Crippen LogP contribution in [-0.4, -0.2) is 29.8 Å². The van der Waals surface area contributed by atoms with Gasteiger partial charge in [0.25, 0.3) is 0 Å². The Hall–Kier alpha value is -0.790. The van der Waals surface area contributed by atoms with Gasteiger partial charge in [0.1, 0.15) is 0 Å². The first kappa shape index (κ1) is 14.7. The van der Waals surface area contributed by atoms with Crippen molar-refractivity contribution in [3.05, 3.63) is 0 Å². The Morgan fingerprint density at radius 3 is 1.23 bits per heavy atom. The van der Waals surface area contributed by atoms with Crippen LogP contribution in [0.2, 0.25) is 0 Å². The number of carbonyl (C=O) groups is 1. The molecule has 0 amide bonds. The van der Waals surface area contributed by atoms with Crippen molar-refractivity contribution in [3.63, 3.8) is 0 Å². The number of ketones is 1. The summed E-state index contributed by atoms with van der Waals surface area (Å²) in [6.07, 6.45) is -11.6. The molecule has 2 nitrogen and oxygen atoms in total. The first-order valence-corrected chi connectivity index (χ1v) is 2.86. The molecule has 0 saturated heterocycles. The summed E-state index contributed by atoms with van der Waals surface area (Å²) in [7, 11) is 0. The molecule has 0 heterocycles. The molecular weight excluding hydrogens is 206 g/mol. The minimum absolute atomic E-state index is 0.250. The summed E-state index contributed by atoms with van der Waals surface area (Å²) in [5.41, 5.74) is 0. The Morgan fingerprint density at radius 1 is 1.08 bits per heavy atom. The topological polar surface area (TPSA) is 37.3 Å². The van der Waals surface area contributed by atoms with Gasteiger partial charge >= 0.3 is 18.1 Å². The molecule has 0 rings (SSSR count). The van der Waals surface area contributed by atoms with E-state index in [2.05, 4.69) is 0 Å². The van der Waals surface area contributed by atoms with E-state index in [-0.39, 0.29) is 6.61 Å². The predicted molar refractivity (Wildman–Crippen MR) is 29.9 cm³/mol. The van der Waals surface area contributed by atoms with Gasteiger partial charge in [0.05, 0.1) is 0 Å². The van der Waals surface area contributed by atoms with Gasteiger partial charge in [0, 0.05) is 6.61 Å². The molecular formula is C5H6F6O2. The molecule has 8 heteroatoms. The van der Waals surface area contributed by atoms with Crippen molar-refractivity contribution in [1.82, 2.24) is 0 Å². The summed E-state index contributed by atoms with van der Waals surface area (Å²) in [4.78, 5) is 9.24. The number of rotatable bonds is 0. The van der Waals surface area contributed by atoms with Crippen molar-refractivity contribution in [2.45, 2.75) is 19.3 Å². The molecule has 0 aromatic carbocycles. The van der Waals surface area contributed by atoms with E-state index in [0.29, 0.717) is 0 Å². The van der Waals surface area contributed by atoms with Crippen LogP contribution in [0.3, 0.4) is 0 Å². The van der Waals surface area contributed by atoms with Crippen molar-refractivity contribution in [1.29, 1.82) is 0 Å². The highest BCUT2D eigenvalue weighted by atomic mass is 19.4. The van der Waals surface area contributed by atoms with Crippen LogP contribution in [0.15, 0.2) is 0 Å². The molecule has 0 radical (unpaired) electrons. The average Bonchev–Trinajstić information content (AvgIpc) is 1.84. The van der Waals surface area contributed by atoms with E-state index < -0.39 is 18.1 Å². The molecule has 1 N–H and O–H groups in total. The molecule has 0 bridgehead atoms. The summed E-state index contributed by atoms with van der Waals surface area (Å²) in [5, 5.41) is 7.57. The van der Waals surface area contributed by atoms with Crippen LogP contribution >= 0.6 is 0 Å². The van der Waals surface area contributed by atoms with Crippen LogP contribution in [0.25, 0.3) is 0 Å². The molecule has 0 aliphatic heterocycles. The zero-order valence-electron chi connectivity index (χ0n) is 6.33. The molecule has 0 aromatic heterocycles. The summed E-state index contributed by atoms with van der Waals surface area (Å²) in [5.74, 6) is -3.68. The second kappa shape index (κ2) is 5.05. The van der Waals surface area contributed by atoms with E-state index >= 15 is 0 Å². The molecule has 0 aliphatic carbocycles. The summed E-state index contributed by atoms with van der Waals surface area (Å²) < 4.78 is 65.3. The first-order chi connectivity index (χ1) is 5.57. The van der Waals surface area contributed by atoms with Crippen molar-refractivity contribution in [2.75, 3.05) is 6.61 Å². The Morgan fingerprint density at radius 2 is 1.23 bits per heavy atom. The third-order valence-electron chi connectivity index (χ3n) is 0.515. The fourth-order valence-corrected chi connectivity index (χ4v) is 0.161. The molecule has 0 saturated carbocycles. The number of hydrogen-bond donors (Lipinski definition) is 1. The summed E-state index contributed by atoms with van der Waals surface area (Å²) >= 11 is 0. The van der Waals surface area contributed by atoms with E-state index in [1.54, 1.807) is 6.92 Å². The Bertz CT molecular complexity index is 141. The number of carbonyl (C=O) groups excluding carboxylic acids is 1. The lowest BCUT2D eigenvalue weighted by Crippen LogP contribution is -2.36. The third kappa shape index (κ3) is 7.57. The SMILES string of the molecule is CCO.O=C(C(F)(F)F)C(F)(F)F. The number of aliphatic hydroxyl groups excluding tert-OH is 1. The van der Waals surface area contributed by atoms with Gasteiger partial charge in [-0.15, -0.1) is 0 Å². The summed E-state index contributed by atoms with van der Waals surface area (Å²) in [6.45, 7) is 1.93. The van der Waals surface area contributed by atoms with E-state index in [1.807, 2.05) is 0 Å². The lowest BCUT2D eigenvalue weighted by Gasteiger charge is -2.06. The van der Waals surface area contributed by atoms with Crippen LogP contribution < -0.4 is 0 Å². The van der Waals surface area contributed by atoms with E-state index in [9.17, 15) is 31.1 Å². The number of halogens is 6.